The largest absolute Gasteiger partial charge is 0.298 e. The van der Waals surface area contributed by atoms with E-state index in [4.69, 9.17) is 0 Å². The predicted molar refractivity (Wildman–Crippen MR) is 141 cm³/mol. The minimum atomic E-state index is -0.138. The van der Waals surface area contributed by atoms with E-state index >= 15 is 0 Å². The van der Waals surface area contributed by atoms with E-state index in [-0.39, 0.29) is 21.7 Å². The van der Waals surface area contributed by atoms with E-state index in [0.29, 0.717) is 0 Å². The molecule has 0 heterocycles. The molecule has 0 aliphatic rings. The Labute approximate surface area is 202 Å². The summed E-state index contributed by atoms with van der Waals surface area (Å²) in [6.45, 7) is 26.0. The fraction of sp³-hybridized carbons (Fsp3) is 0.548. The first-order valence-electron chi connectivity index (χ1n) is 12.1. The maximum atomic E-state index is 12.2. The van der Waals surface area contributed by atoms with Crippen LogP contribution in [0.15, 0.2) is 24.3 Å². The van der Waals surface area contributed by atoms with Crippen molar-refractivity contribution in [1.29, 1.82) is 0 Å². The molecule has 0 unspecified atom stereocenters. The van der Waals surface area contributed by atoms with E-state index in [1.165, 1.54) is 11.1 Å². The Morgan fingerprint density at radius 1 is 0.485 bits per heavy atom. The number of benzene rings is 2. The van der Waals surface area contributed by atoms with Crippen LogP contribution in [0.3, 0.4) is 0 Å². The second-order valence-corrected chi connectivity index (χ2v) is 13.6. The minimum absolute atomic E-state index is 0.138. The Kier molecular flexibility index (Phi) is 7.25. The fourth-order valence-electron chi connectivity index (χ4n) is 4.60. The number of aldehydes is 2. The second kappa shape index (κ2) is 8.85. The van der Waals surface area contributed by atoms with Gasteiger partial charge in [0.2, 0.25) is 0 Å². The third-order valence-corrected chi connectivity index (χ3v) is 6.36. The van der Waals surface area contributed by atoms with Crippen LogP contribution in [0.1, 0.15) is 137 Å². The Balaban J connectivity index is 2.82. The van der Waals surface area contributed by atoms with Crippen LogP contribution in [0.5, 0.6) is 0 Å². The second-order valence-electron chi connectivity index (χ2n) is 13.6. The van der Waals surface area contributed by atoms with Crippen LogP contribution >= 0.6 is 0 Å². The smallest absolute Gasteiger partial charge is 0.150 e. The van der Waals surface area contributed by atoms with E-state index in [9.17, 15) is 9.59 Å². The Morgan fingerprint density at radius 3 is 0.848 bits per heavy atom. The molecule has 0 aliphatic heterocycles. The molecule has 2 aromatic rings. The Bertz CT molecular complexity index is 887. The monoisotopic (exact) mass is 448 g/mol. The Morgan fingerprint density at radius 2 is 0.697 bits per heavy atom. The minimum Gasteiger partial charge on any atom is -0.298 e. The number of rotatable bonds is 4. The van der Waals surface area contributed by atoms with Crippen LogP contribution in [-0.2, 0) is 28.1 Å². The highest BCUT2D eigenvalue weighted by molar-refractivity contribution is 5.82. The van der Waals surface area contributed by atoms with Crippen LogP contribution < -0.4 is 0 Å². The van der Waals surface area contributed by atoms with Gasteiger partial charge in [-0.3, -0.25) is 9.59 Å². The molecule has 2 nitrogen and oxygen atoms in total. The van der Waals surface area contributed by atoms with Crippen molar-refractivity contribution in [2.75, 3.05) is 0 Å². The van der Waals surface area contributed by atoms with Crippen molar-refractivity contribution < 1.29 is 9.59 Å². The standard InChI is InChI=1S/C31H44O2/c1-28(2,3)24-14-20(15-25(22(24)18-32)29(4,5)6)13-21-16-26(30(7,8)9)23(19-33)27(17-21)31(10,11)12/h14-19H,13H2,1-12H3. The average molecular weight is 449 g/mol. The lowest BCUT2D eigenvalue weighted by Crippen LogP contribution is -2.22. The third-order valence-electron chi connectivity index (χ3n) is 6.36. The molecule has 180 valence electrons. The van der Waals surface area contributed by atoms with Gasteiger partial charge in [-0.15, -0.1) is 0 Å². The molecule has 2 heteroatoms. The van der Waals surface area contributed by atoms with Gasteiger partial charge < -0.3 is 0 Å². The molecule has 0 aromatic heterocycles. The SMILES string of the molecule is CC(C)(C)c1cc(Cc2cc(C(C)(C)C)c(C=O)c(C(C)(C)C)c2)cc(C(C)(C)C)c1C=O. The fourth-order valence-corrected chi connectivity index (χ4v) is 4.60. The zero-order chi connectivity index (χ0) is 25.6. The summed E-state index contributed by atoms with van der Waals surface area (Å²) >= 11 is 0. The van der Waals surface area contributed by atoms with Gasteiger partial charge in [-0.25, -0.2) is 0 Å². The molecular weight excluding hydrogens is 404 g/mol. The van der Waals surface area contributed by atoms with Crippen molar-refractivity contribution in [2.24, 2.45) is 0 Å². The van der Waals surface area contributed by atoms with Gasteiger partial charge in [0, 0.05) is 11.1 Å². The predicted octanol–water partition coefficient (Wildman–Crippen LogP) is 8.09. The number of hydrogen-bond acceptors (Lipinski definition) is 2. The summed E-state index contributed by atoms with van der Waals surface area (Å²) in [5, 5.41) is 0. The van der Waals surface area contributed by atoms with E-state index in [1.807, 2.05) is 0 Å². The molecule has 0 saturated heterocycles. The number of carbonyl (C=O) groups is 2. The first-order chi connectivity index (χ1) is 14.8. The van der Waals surface area contributed by atoms with Gasteiger partial charge in [-0.05, 0) is 61.5 Å². The highest BCUT2D eigenvalue weighted by Gasteiger charge is 2.28. The molecular formula is C31H44O2. The highest BCUT2D eigenvalue weighted by atomic mass is 16.1. The van der Waals surface area contributed by atoms with Crippen molar-refractivity contribution in [3.63, 3.8) is 0 Å². The van der Waals surface area contributed by atoms with Gasteiger partial charge in [-0.2, -0.15) is 0 Å². The summed E-state index contributed by atoms with van der Waals surface area (Å²) in [6, 6.07) is 8.83. The molecule has 2 rings (SSSR count). The first kappa shape index (κ1) is 27.0. The average Bonchev–Trinajstić information content (AvgIpc) is 2.63. The van der Waals surface area contributed by atoms with Crippen molar-refractivity contribution in [3.05, 3.63) is 68.8 Å². The van der Waals surface area contributed by atoms with Gasteiger partial charge in [0.25, 0.3) is 0 Å². The van der Waals surface area contributed by atoms with Crippen molar-refractivity contribution >= 4 is 12.6 Å². The van der Waals surface area contributed by atoms with Crippen LogP contribution in [0.25, 0.3) is 0 Å². The van der Waals surface area contributed by atoms with Crippen LogP contribution in [-0.4, -0.2) is 12.6 Å². The van der Waals surface area contributed by atoms with E-state index in [0.717, 1.165) is 52.4 Å². The van der Waals surface area contributed by atoms with Crippen molar-refractivity contribution in [2.45, 2.75) is 111 Å². The normalized spacial score (nSPS) is 13.2. The third kappa shape index (κ3) is 6.02. The molecule has 0 radical (unpaired) electrons. The molecule has 33 heavy (non-hydrogen) atoms. The van der Waals surface area contributed by atoms with Crippen molar-refractivity contribution in [3.8, 4) is 0 Å². The molecule has 2 aromatic carbocycles. The molecule has 0 atom stereocenters. The van der Waals surface area contributed by atoms with Crippen LogP contribution in [0.2, 0.25) is 0 Å². The van der Waals surface area contributed by atoms with Crippen LogP contribution in [0, 0.1) is 0 Å². The zero-order valence-corrected chi connectivity index (χ0v) is 23.0. The number of carbonyl (C=O) groups excluding carboxylic acids is 2. The lowest BCUT2D eigenvalue weighted by molar-refractivity contribution is 0.111. The van der Waals surface area contributed by atoms with Gasteiger partial charge in [0.15, 0.2) is 12.6 Å². The van der Waals surface area contributed by atoms with E-state index in [1.54, 1.807) is 0 Å². The molecule has 0 fully saturated rings. The van der Waals surface area contributed by atoms with E-state index in [2.05, 4.69) is 107 Å². The van der Waals surface area contributed by atoms with Crippen molar-refractivity contribution in [1.82, 2.24) is 0 Å². The van der Waals surface area contributed by atoms with Gasteiger partial charge in [0.1, 0.15) is 0 Å². The zero-order valence-electron chi connectivity index (χ0n) is 23.0. The molecule has 0 bridgehead atoms. The molecule has 0 spiro atoms. The summed E-state index contributed by atoms with van der Waals surface area (Å²) in [7, 11) is 0. The Hall–Kier alpha value is -2.22. The maximum Gasteiger partial charge on any atom is 0.150 e. The summed E-state index contributed by atoms with van der Waals surface area (Å²) < 4.78 is 0. The van der Waals surface area contributed by atoms with Gasteiger partial charge >= 0.3 is 0 Å². The van der Waals surface area contributed by atoms with Gasteiger partial charge in [0.05, 0.1) is 0 Å². The molecule has 0 aliphatic carbocycles. The van der Waals surface area contributed by atoms with Crippen LogP contribution in [0.4, 0.5) is 0 Å². The first-order valence-corrected chi connectivity index (χ1v) is 12.1. The quantitative estimate of drug-likeness (QED) is 0.443. The molecule has 0 saturated carbocycles. The highest BCUT2D eigenvalue weighted by Crippen LogP contribution is 2.37. The maximum absolute atomic E-state index is 12.2. The molecule has 0 N–H and O–H groups in total. The lowest BCUT2D eigenvalue weighted by atomic mass is 9.74. The summed E-state index contributed by atoms with van der Waals surface area (Å²) in [5.74, 6) is 0. The summed E-state index contributed by atoms with van der Waals surface area (Å²) in [4.78, 5) is 24.3. The molecule has 0 amide bonds. The van der Waals surface area contributed by atoms with E-state index < -0.39 is 0 Å². The number of hydrogen-bond donors (Lipinski definition) is 0. The topological polar surface area (TPSA) is 34.1 Å². The van der Waals surface area contributed by atoms with Gasteiger partial charge in [-0.1, -0.05) is 107 Å². The summed E-state index contributed by atoms with van der Waals surface area (Å²) in [5.41, 5.74) is 7.87. The summed E-state index contributed by atoms with van der Waals surface area (Å²) in [6.07, 6.45) is 2.81. The lowest BCUT2D eigenvalue weighted by Gasteiger charge is -2.30.